The number of aromatic amines is 1. The second-order valence-electron chi connectivity index (χ2n) is 6.55. The third-order valence-electron chi connectivity index (χ3n) is 4.48. The first-order valence-corrected chi connectivity index (χ1v) is 10.4. The zero-order valence-electron chi connectivity index (χ0n) is 15.4. The quantitative estimate of drug-likeness (QED) is 0.463. The Morgan fingerprint density at radius 3 is 2.30 bits per heavy atom. The zero-order valence-corrected chi connectivity index (χ0v) is 16.2. The van der Waals surface area contributed by atoms with Gasteiger partial charge in [0, 0.05) is 0 Å². The molecule has 0 radical (unpaired) electrons. The summed E-state index contributed by atoms with van der Waals surface area (Å²) in [5.41, 5.74) is 0.397. The third-order valence-corrected chi connectivity index (χ3v) is 6.26. The number of imidazole rings is 1. The van der Waals surface area contributed by atoms with E-state index in [-0.39, 0.29) is 21.2 Å². The van der Waals surface area contributed by atoms with Crippen LogP contribution in [0.5, 0.6) is 0 Å². The second-order valence-corrected chi connectivity index (χ2v) is 8.47. The highest BCUT2D eigenvalue weighted by molar-refractivity contribution is 8.00. The van der Waals surface area contributed by atoms with Gasteiger partial charge >= 0.3 is 6.18 Å². The van der Waals surface area contributed by atoms with Crippen molar-refractivity contribution in [2.24, 2.45) is 0 Å². The monoisotopic (exact) mass is 428 g/mol. The molecule has 0 unspecified atom stereocenters. The van der Waals surface area contributed by atoms with E-state index in [4.69, 9.17) is 0 Å². The predicted molar refractivity (Wildman–Crippen MR) is 109 cm³/mol. The van der Waals surface area contributed by atoms with Crippen molar-refractivity contribution in [1.82, 2.24) is 9.97 Å². The maximum absolute atomic E-state index is 13.3. The largest absolute Gasteiger partial charge is 0.416 e. The molecular weight excluding hydrogens is 413 g/mol. The van der Waals surface area contributed by atoms with Crippen molar-refractivity contribution in [2.75, 3.05) is 0 Å². The van der Waals surface area contributed by atoms with Crippen molar-refractivity contribution in [3.63, 3.8) is 0 Å². The van der Waals surface area contributed by atoms with E-state index in [0.29, 0.717) is 11.0 Å². The first-order valence-electron chi connectivity index (χ1n) is 8.89. The van der Waals surface area contributed by atoms with Crippen LogP contribution in [0.3, 0.4) is 0 Å². The van der Waals surface area contributed by atoms with Crippen LogP contribution in [0.25, 0.3) is 22.0 Å². The highest BCUT2D eigenvalue weighted by atomic mass is 32.2. The van der Waals surface area contributed by atoms with Crippen molar-refractivity contribution < 1.29 is 21.6 Å². The van der Waals surface area contributed by atoms with Gasteiger partial charge in [-0.1, -0.05) is 42.5 Å². The summed E-state index contributed by atoms with van der Waals surface area (Å²) < 4.78 is 66.0. The van der Waals surface area contributed by atoms with Crippen LogP contribution in [0.4, 0.5) is 13.2 Å². The maximum Gasteiger partial charge on any atom is 0.416 e. The molecule has 0 aliphatic heterocycles. The summed E-state index contributed by atoms with van der Waals surface area (Å²) in [6.07, 6.45) is -3.34. The van der Waals surface area contributed by atoms with Crippen molar-refractivity contribution in [3.8, 4) is 0 Å². The molecule has 0 saturated carbocycles. The fourth-order valence-electron chi connectivity index (χ4n) is 3.03. The molecule has 0 bridgehead atoms. The molecule has 0 aliphatic rings. The van der Waals surface area contributed by atoms with E-state index < -0.39 is 21.6 Å². The van der Waals surface area contributed by atoms with Gasteiger partial charge in [-0.3, -0.25) is 0 Å². The van der Waals surface area contributed by atoms with Crippen LogP contribution < -0.4 is 0 Å². The molecule has 0 spiro atoms. The fourth-order valence-corrected chi connectivity index (χ4v) is 4.44. The zero-order chi connectivity index (χ0) is 21.4. The summed E-state index contributed by atoms with van der Waals surface area (Å²) in [7, 11) is -4.06. The first kappa shape index (κ1) is 19.9. The van der Waals surface area contributed by atoms with Crippen molar-refractivity contribution in [3.05, 3.63) is 95.8 Å². The smallest absolute Gasteiger partial charge is 0.337 e. The fraction of sp³-hybridized carbons (Fsp3) is 0.0455. The molecule has 3 aromatic carbocycles. The summed E-state index contributed by atoms with van der Waals surface area (Å²) in [4.78, 5) is 7.10. The lowest BCUT2D eigenvalue weighted by atomic mass is 10.1. The van der Waals surface area contributed by atoms with Crippen molar-refractivity contribution in [2.45, 2.75) is 11.1 Å². The summed E-state index contributed by atoms with van der Waals surface area (Å²) in [6, 6.07) is 19.2. The van der Waals surface area contributed by atoms with Crippen LogP contribution in [-0.4, -0.2) is 18.4 Å². The lowest BCUT2D eigenvalue weighted by Gasteiger charge is -2.10. The molecule has 30 heavy (non-hydrogen) atoms. The Balaban J connectivity index is 1.93. The van der Waals surface area contributed by atoms with Gasteiger partial charge in [0.05, 0.1) is 21.5 Å². The summed E-state index contributed by atoms with van der Waals surface area (Å²) in [5.74, 6) is 0.0532. The molecule has 4 aromatic rings. The van der Waals surface area contributed by atoms with Gasteiger partial charge in [-0.25, -0.2) is 13.4 Å². The number of fused-ring (bicyclic) bond motifs is 1. The molecule has 0 fully saturated rings. The minimum absolute atomic E-state index is 0.0173. The van der Waals surface area contributed by atoms with Crippen LogP contribution in [0.15, 0.2) is 83.8 Å². The van der Waals surface area contributed by atoms with E-state index in [9.17, 15) is 21.6 Å². The van der Waals surface area contributed by atoms with Crippen LogP contribution >= 0.6 is 0 Å². The van der Waals surface area contributed by atoms with Gasteiger partial charge in [0.25, 0.3) is 0 Å². The molecule has 4 rings (SSSR count). The van der Waals surface area contributed by atoms with Gasteiger partial charge in [0.1, 0.15) is 10.7 Å². The van der Waals surface area contributed by atoms with Crippen LogP contribution in [0.2, 0.25) is 0 Å². The summed E-state index contributed by atoms with van der Waals surface area (Å²) in [5, 5.41) is 0. The van der Waals surface area contributed by atoms with E-state index >= 15 is 0 Å². The number of hydrogen-bond donors (Lipinski definition) is 1. The maximum atomic E-state index is 13.3. The Labute approximate surface area is 170 Å². The number of H-pyrrole nitrogens is 1. The number of benzene rings is 3. The standard InChI is InChI=1S/C22H15F3N2O2S/c23-22(24,25)16-8-6-7-15(13-16)14-20(30(28,29)17-9-2-1-3-10-17)21-26-18-11-4-5-12-19(18)27-21/h1-14H,(H,26,27). The van der Waals surface area contributed by atoms with E-state index in [1.54, 1.807) is 42.5 Å². The van der Waals surface area contributed by atoms with Crippen molar-refractivity contribution >= 4 is 31.9 Å². The molecule has 1 heterocycles. The Morgan fingerprint density at radius 2 is 1.60 bits per heavy atom. The number of alkyl halides is 3. The van der Waals surface area contributed by atoms with Gasteiger partial charge in [0.2, 0.25) is 9.84 Å². The number of para-hydroxylation sites is 2. The number of nitrogens with one attached hydrogen (secondary N) is 1. The average molecular weight is 428 g/mol. The molecule has 1 N–H and O–H groups in total. The number of rotatable bonds is 4. The minimum Gasteiger partial charge on any atom is -0.337 e. The summed E-state index contributed by atoms with van der Waals surface area (Å²) >= 11 is 0. The SMILES string of the molecule is O=S(=O)(C(=Cc1cccc(C(F)(F)F)c1)c1nc2ccccc2[nH]1)c1ccccc1. The molecule has 0 saturated heterocycles. The predicted octanol–water partition coefficient (Wildman–Crippen LogP) is 5.55. The normalized spacial score (nSPS) is 13.0. The lowest BCUT2D eigenvalue weighted by Crippen LogP contribution is -2.07. The summed E-state index contributed by atoms with van der Waals surface area (Å²) in [6.45, 7) is 0. The highest BCUT2D eigenvalue weighted by Crippen LogP contribution is 2.33. The molecule has 8 heteroatoms. The molecule has 1 aromatic heterocycles. The average Bonchev–Trinajstić information content (AvgIpc) is 3.16. The molecule has 152 valence electrons. The number of aromatic nitrogens is 2. The van der Waals surface area contributed by atoms with Crippen LogP contribution in [0.1, 0.15) is 17.0 Å². The lowest BCUT2D eigenvalue weighted by molar-refractivity contribution is -0.137. The minimum atomic E-state index is -4.54. The van der Waals surface area contributed by atoms with Crippen LogP contribution in [0, 0.1) is 0 Å². The molecule has 4 nitrogen and oxygen atoms in total. The number of sulfone groups is 1. The third kappa shape index (κ3) is 3.86. The van der Waals surface area contributed by atoms with Crippen LogP contribution in [-0.2, 0) is 16.0 Å². The van der Waals surface area contributed by atoms with E-state index in [0.717, 1.165) is 12.1 Å². The highest BCUT2D eigenvalue weighted by Gasteiger charge is 2.31. The number of halogens is 3. The molecule has 0 atom stereocenters. The van der Waals surface area contributed by atoms with Gasteiger partial charge in [-0.05, 0) is 48.0 Å². The van der Waals surface area contributed by atoms with E-state index in [1.807, 2.05) is 0 Å². The van der Waals surface area contributed by atoms with E-state index in [1.165, 1.54) is 30.3 Å². The van der Waals surface area contributed by atoms with Gasteiger partial charge in [-0.15, -0.1) is 0 Å². The first-order chi connectivity index (χ1) is 14.2. The van der Waals surface area contributed by atoms with E-state index in [2.05, 4.69) is 9.97 Å². The second kappa shape index (κ2) is 7.46. The Bertz CT molecular complexity index is 1310. The van der Waals surface area contributed by atoms with Gasteiger partial charge in [-0.2, -0.15) is 13.2 Å². The molecular formula is C22H15F3N2O2S. The Kier molecular flexibility index (Phi) is 4.95. The number of nitrogens with zero attached hydrogens (tertiary/aromatic N) is 1. The van der Waals surface area contributed by atoms with Gasteiger partial charge < -0.3 is 4.98 Å². The van der Waals surface area contributed by atoms with Crippen molar-refractivity contribution in [1.29, 1.82) is 0 Å². The topological polar surface area (TPSA) is 62.8 Å². The number of hydrogen-bond acceptors (Lipinski definition) is 3. The van der Waals surface area contributed by atoms with Gasteiger partial charge in [0.15, 0.2) is 0 Å². The molecule has 0 aliphatic carbocycles. The molecule has 0 amide bonds. The Morgan fingerprint density at radius 1 is 0.900 bits per heavy atom. The Hall–Kier alpha value is -3.39.